The fraction of sp³-hybridized carbons (Fsp3) is 0.500. The summed E-state index contributed by atoms with van der Waals surface area (Å²) in [6, 6.07) is 24.7. The Balaban J connectivity index is 0.000000148. The van der Waals surface area contributed by atoms with Crippen LogP contribution in [0.3, 0.4) is 0 Å². The Labute approximate surface area is 562 Å². The zero-order valence-corrected chi connectivity index (χ0v) is 58.6. The van der Waals surface area contributed by atoms with Crippen LogP contribution in [0.15, 0.2) is 92.0 Å². The molecule has 0 amide bonds. The molecule has 1 aromatic carbocycles. The highest BCUT2D eigenvalue weighted by Crippen LogP contribution is 2.38. The number of methoxy groups -OCH3 is 4. The molecule has 27 nitrogen and oxygen atoms in total. The molecule has 0 radical (unpaired) electrons. The second kappa shape index (κ2) is 30.1. The minimum absolute atomic E-state index is 0.136. The molecule has 3 aliphatic heterocycles. The van der Waals surface area contributed by atoms with Crippen molar-refractivity contribution in [3.63, 3.8) is 0 Å². The summed E-state index contributed by atoms with van der Waals surface area (Å²) in [6.07, 6.45) is 12.4. The molecule has 6 aromatic heterocycles. The van der Waals surface area contributed by atoms with Crippen LogP contribution in [0.4, 0.5) is 46.5 Å². The van der Waals surface area contributed by atoms with Crippen LogP contribution in [0, 0.1) is 0 Å². The normalized spacial score (nSPS) is 20.5. The number of benzene rings is 1. The fourth-order valence-corrected chi connectivity index (χ4v) is 16.1. The van der Waals surface area contributed by atoms with Crippen molar-refractivity contribution in [1.29, 1.82) is 0 Å². The van der Waals surface area contributed by atoms with Gasteiger partial charge in [0, 0.05) is 113 Å². The number of morpholine rings is 3. The number of anilines is 5. The Kier molecular flexibility index (Phi) is 21.7. The van der Waals surface area contributed by atoms with Crippen LogP contribution < -0.4 is 45.1 Å². The molecule has 514 valence electrons. The second-order valence-electron chi connectivity index (χ2n) is 24.9. The summed E-state index contributed by atoms with van der Waals surface area (Å²) < 4.78 is 90.8. The number of nitrogen functional groups attached to an aromatic ring is 2. The van der Waals surface area contributed by atoms with Gasteiger partial charge in [0.15, 0.2) is 34.9 Å². The van der Waals surface area contributed by atoms with Gasteiger partial charge in [-0.3, -0.25) is 0 Å². The molecule has 0 spiro atoms. The summed E-state index contributed by atoms with van der Waals surface area (Å²) in [5.41, 5.74) is 16.0. The van der Waals surface area contributed by atoms with Crippen LogP contribution in [0.1, 0.15) is 70.6 Å². The fourth-order valence-electron chi connectivity index (χ4n) is 11.2. The number of ether oxygens (including phenoxy) is 7. The number of hydrogen-bond donors (Lipinski definition) is 2. The summed E-state index contributed by atoms with van der Waals surface area (Å²) in [5, 5.41) is 0.420. The lowest BCUT2D eigenvalue weighted by atomic mass is 10.1. The summed E-state index contributed by atoms with van der Waals surface area (Å²) in [4.78, 5) is 47.8. The Morgan fingerprint density at radius 3 is 1.11 bits per heavy atom. The van der Waals surface area contributed by atoms with Crippen LogP contribution in [-0.2, 0) is 56.2 Å². The van der Waals surface area contributed by atoms with Crippen LogP contribution in [-0.4, -0.2) is 198 Å². The second-order valence-corrected chi connectivity index (χ2v) is 32.6. The predicted octanol–water partition coefficient (Wildman–Crippen LogP) is 8.95. The van der Waals surface area contributed by atoms with Gasteiger partial charge in [0.05, 0.1) is 115 Å². The van der Waals surface area contributed by atoms with Gasteiger partial charge in [-0.1, -0.05) is 12.1 Å². The van der Waals surface area contributed by atoms with E-state index in [1.54, 1.807) is 69.4 Å². The van der Waals surface area contributed by atoms with Crippen molar-refractivity contribution in [1.82, 2.24) is 44.9 Å². The van der Waals surface area contributed by atoms with Crippen molar-refractivity contribution in [2.24, 2.45) is 13.1 Å². The maximum atomic E-state index is 13.2. The molecule has 9 heterocycles. The van der Waals surface area contributed by atoms with Crippen LogP contribution >= 0.6 is 0 Å². The van der Waals surface area contributed by atoms with Crippen LogP contribution in [0.25, 0.3) is 34.2 Å². The molecular weight excluding hydrogens is 1290 g/mol. The first-order chi connectivity index (χ1) is 46.0. The van der Waals surface area contributed by atoms with E-state index in [1.807, 2.05) is 30.3 Å². The van der Waals surface area contributed by atoms with Crippen molar-refractivity contribution >= 4 is 75.7 Å². The Morgan fingerprint density at radius 1 is 0.448 bits per heavy atom. The number of aryl methyl sites for hydroxylation is 2. The van der Waals surface area contributed by atoms with Gasteiger partial charge >= 0.3 is 0 Å². The first kappa shape index (κ1) is 69.2. The molecule has 6 fully saturated rings. The van der Waals surface area contributed by atoms with Gasteiger partial charge < -0.3 is 59.3 Å². The molecule has 3 saturated heterocycles. The first-order valence-electron chi connectivity index (χ1n) is 32.2. The summed E-state index contributed by atoms with van der Waals surface area (Å²) in [5.74, 6) is 7.59. The molecule has 1 unspecified atom stereocenters. The summed E-state index contributed by atoms with van der Waals surface area (Å²) in [7, 11) is -0.726. The van der Waals surface area contributed by atoms with E-state index in [9.17, 15) is 12.6 Å². The molecule has 13 rings (SSSR count). The standard InChI is InChI=1S/C28H35N5O4S.2C19H26N6O3S/c1-19-18-37-14-13-33(19)26-17-25(32-38(4,34)24-11-12-24)30-28(31-26)21-15-22(29-27(16-21)36-3)8-5-20-6-9-23(35-2)10-7-20;2*1-12-11-28-7-6-25(12)17-10-16(24-29(3,26)14-4-5-14)22-19(23-17)13-8-15(20)21-18(9-13)27-2/h6-7,9-10,15-17,19,24H,5,8,11-14,18H2,1-4H3;2*8-10,12,14H,4-7,11H2,1-3H3,(H2,20,21)/t19-,38?;12-,29+;12-,29-/m111/s1. The lowest BCUT2D eigenvalue weighted by molar-refractivity contribution is 0.0985. The molecule has 7 aromatic rings. The van der Waals surface area contributed by atoms with Crippen molar-refractivity contribution in [2.75, 3.05) is 133 Å². The van der Waals surface area contributed by atoms with Gasteiger partial charge in [-0.15, -0.1) is 0 Å². The van der Waals surface area contributed by atoms with Gasteiger partial charge in [-0.2, -0.15) is 23.1 Å². The Bertz CT molecular complexity index is 4160. The van der Waals surface area contributed by atoms with Gasteiger partial charge in [0.25, 0.3) is 0 Å². The van der Waals surface area contributed by atoms with E-state index < -0.39 is 29.2 Å². The number of nitrogens with zero attached hydrogens (tertiary/aromatic N) is 15. The number of nitrogens with two attached hydrogens (primary N) is 2. The van der Waals surface area contributed by atoms with Gasteiger partial charge in [-0.05, 0) is 108 Å². The van der Waals surface area contributed by atoms with Crippen LogP contribution in [0.5, 0.6) is 23.4 Å². The number of hydrogen-bond acceptors (Lipinski definition) is 27. The third-order valence-electron chi connectivity index (χ3n) is 17.1. The average Bonchev–Trinajstić information content (AvgIpc) is 1.15. The van der Waals surface area contributed by atoms with E-state index in [-0.39, 0.29) is 33.9 Å². The summed E-state index contributed by atoms with van der Waals surface area (Å²) >= 11 is 0. The average molecular weight is 1370 g/mol. The number of aromatic nitrogens is 9. The number of pyridine rings is 3. The lowest BCUT2D eigenvalue weighted by Gasteiger charge is -2.34. The summed E-state index contributed by atoms with van der Waals surface area (Å²) in [6.45, 7) is 12.1. The van der Waals surface area contributed by atoms with Crippen molar-refractivity contribution in [3.8, 4) is 57.6 Å². The molecule has 4 N–H and O–H groups in total. The third-order valence-corrected chi connectivity index (χ3v) is 23.8. The highest BCUT2D eigenvalue weighted by atomic mass is 32.2. The first-order valence-corrected chi connectivity index (χ1v) is 38.2. The molecule has 6 atom stereocenters. The Hall–Kier alpha value is -8.16. The van der Waals surface area contributed by atoms with Crippen molar-refractivity contribution < 1.29 is 45.8 Å². The molecule has 3 saturated carbocycles. The van der Waals surface area contributed by atoms with E-state index in [0.717, 1.165) is 85.8 Å². The SMILES string of the molecule is COc1cc(-c2nc(N=[S@@](C)(=O)C3CC3)cc(N3CCOC[C@H]3C)n2)cc(N)n1.COc1cc(-c2nc(N=[S@](C)(=O)C3CC3)cc(N3CCOC[C@H]3C)n2)cc(N)n1.COc1ccc(CCc2cc(-c3nc(N=S(C)(=O)C4CC4)cc(N4CCOC[C@H]4C)n3)cc(OC)n2)cc1. The Morgan fingerprint density at radius 2 is 0.792 bits per heavy atom. The van der Waals surface area contributed by atoms with E-state index >= 15 is 0 Å². The van der Waals surface area contributed by atoms with Gasteiger partial charge in [-0.25, -0.2) is 47.5 Å². The minimum Gasteiger partial charge on any atom is -0.497 e. The van der Waals surface area contributed by atoms with Gasteiger partial charge in [0.2, 0.25) is 17.6 Å². The van der Waals surface area contributed by atoms with E-state index in [1.165, 1.54) is 19.8 Å². The van der Waals surface area contributed by atoms with Crippen molar-refractivity contribution in [2.45, 2.75) is 106 Å². The third kappa shape index (κ3) is 17.9. The van der Waals surface area contributed by atoms with Crippen molar-refractivity contribution in [3.05, 3.63) is 90.1 Å². The molecule has 3 aliphatic carbocycles. The number of rotatable bonds is 19. The van der Waals surface area contributed by atoms with E-state index in [0.29, 0.717) is 135 Å². The molecule has 0 bridgehead atoms. The quantitative estimate of drug-likeness (QED) is 0.0762. The van der Waals surface area contributed by atoms with Gasteiger partial charge in [0.1, 0.15) is 34.8 Å². The van der Waals surface area contributed by atoms with E-state index in [4.69, 9.17) is 64.6 Å². The smallest absolute Gasteiger partial charge is 0.215 e. The topological polar surface area (TPSA) is 331 Å². The largest absolute Gasteiger partial charge is 0.497 e. The lowest BCUT2D eigenvalue weighted by Crippen LogP contribution is -2.44. The molecule has 96 heavy (non-hydrogen) atoms. The molecule has 30 heteroatoms. The molecular formula is C66H87N17O10S3. The maximum Gasteiger partial charge on any atom is 0.215 e. The van der Waals surface area contributed by atoms with Crippen LogP contribution in [0.2, 0.25) is 0 Å². The predicted molar refractivity (Wildman–Crippen MR) is 375 cm³/mol. The molecule has 6 aliphatic rings. The monoisotopic (exact) mass is 1370 g/mol. The minimum atomic E-state index is -2.37. The van der Waals surface area contributed by atoms with E-state index in [2.05, 4.69) is 85.6 Å². The zero-order chi connectivity index (χ0) is 67.9. The maximum absolute atomic E-state index is 13.2. The zero-order valence-electron chi connectivity index (χ0n) is 56.2. The highest BCUT2D eigenvalue weighted by molar-refractivity contribution is 7.94. The highest BCUT2D eigenvalue weighted by Gasteiger charge is 2.34.